The Hall–Kier alpha value is -0.430. The summed E-state index contributed by atoms with van der Waals surface area (Å²) in [5, 5.41) is 0. The van der Waals surface area contributed by atoms with E-state index >= 15 is 0 Å². The lowest BCUT2D eigenvalue weighted by Crippen LogP contribution is -2.31. The van der Waals surface area contributed by atoms with Gasteiger partial charge in [0.15, 0.2) is 0 Å². The van der Waals surface area contributed by atoms with E-state index in [2.05, 4.69) is 44.2 Å². The monoisotopic (exact) mass is 206 g/mol. The first-order valence-corrected chi connectivity index (χ1v) is 5.79. The molecule has 0 aliphatic heterocycles. The van der Waals surface area contributed by atoms with Gasteiger partial charge in [-0.25, -0.2) is 0 Å². The van der Waals surface area contributed by atoms with E-state index in [1.807, 2.05) is 0 Å². The molecular weight excluding hydrogens is 188 g/mol. The summed E-state index contributed by atoms with van der Waals surface area (Å²) in [5.74, 6) is 0. The van der Waals surface area contributed by atoms with Crippen molar-refractivity contribution in [1.82, 2.24) is 0 Å². The van der Waals surface area contributed by atoms with Gasteiger partial charge in [0.05, 0.1) is 0 Å². The minimum atomic E-state index is 0.0776. The second-order valence-corrected chi connectivity index (χ2v) is 5.73. The summed E-state index contributed by atoms with van der Waals surface area (Å²) in [6.07, 6.45) is 3.78. The van der Waals surface area contributed by atoms with Crippen molar-refractivity contribution in [1.29, 1.82) is 0 Å². The molecule has 1 aliphatic carbocycles. The highest BCUT2D eigenvalue weighted by Gasteiger charge is 2.46. The number of hydrogen-bond acceptors (Lipinski definition) is 1. The molecular formula is C13H18S. The van der Waals surface area contributed by atoms with Crippen LogP contribution in [0.15, 0.2) is 30.3 Å². The van der Waals surface area contributed by atoms with E-state index in [1.54, 1.807) is 0 Å². The summed E-state index contributed by atoms with van der Waals surface area (Å²) in [5.41, 5.74) is 1.70. The standard InChI is InChI=1S/C13H18S/c1-12(2)9-6-10-13(12,14)11-7-4-3-5-8-11/h3-5,7-8,14H,6,9-10H2,1-2H3. The average molecular weight is 206 g/mol. The zero-order chi connectivity index (χ0) is 10.2. The van der Waals surface area contributed by atoms with Crippen LogP contribution in [0, 0.1) is 5.41 Å². The van der Waals surface area contributed by atoms with Crippen molar-refractivity contribution < 1.29 is 0 Å². The highest BCUT2D eigenvalue weighted by Crippen LogP contribution is 2.56. The maximum Gasteiger partial charge on any atom is 0.0429 e. The van der Waals surface area contributed by atoms with Crippen LogP contribution in [0.5, 0.6) is 0 Å². The smallest absolute Gasteiger partial charge is 0.0429 e. The lowest BCUT2D eigenvalue weighted by atomic mass is 9.77. The van der Waals surface area contributed by atoms with Crippen molar-refractivity contribution in [2.75, 3.05) is 0 Å². The summed E-state index contributed by atoms with van der Waals surface area (Å²) >= 11 is 4.95. The van der Waals surface area contributed by atoms with Gasteiger partial charge < -0.3 is 0 Å². The molecule has 0 nitrogen and oxygen atoms in total. The zero-order valence-corrected chi connectivity index (χ0v) is 9.85. The summed E-state index contributed by atoms with van der Waals surface area (Å²) in [6.45, 7) is 4.67. The van der Waals surface area contributed by atoms with E-state index in [-0.39, 0.29) is 4.75 Å². The molecule has 0 heterocycles. The third-order valence-electron chi connectivity index (χ3n) is 3.71. The molecule has 0 radical (unpaired) electrons. The minimum Gasteiger partial charge on any atom is -0.167 e. The number of hydrogen-bond donors (Lipinski definition) is 1. The maximum atomic E-state index is 4.95. The van der Waals surface area contributed by atoms with Gasteiger partial charge in [0, 0.05) is 4.75 Å². The van der Waals surface area contributed by atoms with Crippen LogP contribution in [0.25, 0.3) is 0 Å². The number of rotatable bonds is 1. The van der Waals surface area contributed by atoms with Crippen LogP contribution in [-0.2, 0) is 4.75 Å². The zero-order valence-electron chi connectivity index (χ0n) is 8.96. The lowest BCUT2D eigenvalue weighted by molar-refractivity contribution is 0.302. The van der Waals surface area contributed by atoms with Crippen LogP contribution in [0.4, 0.5) is 0 Å². The molecule has 1 atom stereocenters. The molecule has 0 saturated heterocycles. The van der Waals surface area contributed by atoms with Crippen LogP contribution >= 0.6 is 12.6 Å². The predicted molar refractivity (Wildman–Crippen MR) is 64.7 cm³/mol. The third-order valence-corrected chi connectivity index (χ3v) is 4.80. The fraction of sp³-hybridized carbons (Fsp3) is 0.538. The van der Waals surface area contributed by atoms with E-state index in [1.165, 1.54) is 24.8 Å². The second kappa shape index (κ2) is 3.30. The fourth-order valence-electron chi connectivity index (χ4n) is 2.58. The van der Waals surface area contributed by atoms with Crippen LogP contribution in [0.3, 0.4) is 0 Å². The Labute approximate surface area is 92.1 Å². The van der Waals surface area contributed by atoms with Gasteiger partial charge in [0.2, 0.25) is 0 Å². The highest BCUT2D eigenvalue weighted by atomic mass is 32.1. The molecule has 0 aromatic heterocycles. The lowest BCUT2D eigenvalue weighted by Gasteiger charge is -2.38. The van der Waals surface area contributed by atoms with Gasteiger partial charge in [0.25, 0.3) is 0 Å². The predicted octanol–water partition coefficient (Wildman–Crippen LogP) is 4.02. The van der Waals surface area contributed by atoms with Crippen molar-refractivity contribution in [3.8, 4) is 0 Å². The van der Waals surface area contributed by atoms with Crippen LogP contribution < -0.4 is 0 Å². The van der Waals surface area contributed by atoms with Crippen molar-refractivity contribution in [2.24, 2.45) is 5.41 Å². The molecule has 1 unspecified atom stereocenters. The Balaban J connectivity index is 2.42. The van der Waals surface area contributed by atoms with Crippen molar-refractivity contribution in [3.05, 3.63) is 35.9 Å². The van der Waals surface area contributed by atoms with Gasteiger partial charge >= 0.3 is 0 Å². The Morgan fingerprint density at radius 1 is 1.07 bits per heavy atom. The molecule has 76 valence electrons. The summed E-state index contributed by atoms with van der Waals surface area (Å²) < 4.78 is 0.0776. The molecule has 1 aromatic carbocycles. The van der Waals surface area contributed by atoms with Gasteiger partial charge in [0.1, 0.15) is 0 Å². The van der Waals surface area contributed by atoms with E-state index in [9.17, 15) is 0 Å². The van der Waals surface area contributed by atoms with E-state index in [4.69, 9.17) is 12.6 Å². The van der Waals surface area contributed by atoms with E-state index in [0.717, 1.165) is 0 Å². The molecule has 1 heteroatoms. The molecule has 0 amide bonds. The highest BCUT2D eigenvalue weighted by molar-refractivity contribution is 7.81. The van der Waals surface area contributed by atoms with Crippen LogP contribution in [0.2, 0.25) is 0 Å². The van der Waals surface area contributed by atoms with Gasteiger partial charge in [-0.2, -0.15) is 12.6 Å². The summed E-state index contributed by atoms with van der Waals surface area (Å²) in [7, 11) is 0. The molecule has 1 fully saturated rings. The molecule has 1 saturated carbocycles. The van der Waals surface area contributed by atoms with Gasteiger partial charge in [-0.15, -0.1) is 0 Å². The summed E-state index contributed by atoms with van der Waals surface area (Å²) in [6, 6.07) is 10.7. The van der Waals surface area contributed by atoms with Crippen molar-refractivity contribution >= 4 is 12.6 Å². The fourth-order valence-corrected chi connectivity index (χ4v) is 3.00. The Morgan fingerprint density at radius 2 is 1.71 bits per heavy atom. The Morgan fingerprint density at radius 3 is 2.21 bits per heavy atom. The molecule has 14 heavy (non-hydrogen) atoms. The van der Waals surface area contributed by atoms with Gasteiger partial charge in [-0.05, 0) is 23.8 Å². The molecule has 1 aliphatic rings. The topological polar surface area (TPSA) is 0 Å². The first kappa shape index (κ1) is 10.1. The third kappa shape index (κ3) is 1.38. The first-order chi connectivity index (χ1) is 6.56. The largest absolute Gasteiger partial charge is 0.167 e. The quantitative estimate of drug-likeness (QED) is 0.659. The van der Waals surface area contributed by atoms with Crippen LogP contribution in [0.1, 0.15) is 38.7 Å². The normalized spacial score (nSPS) is 30.5. The molecule has 0 N–H and O–H groups in total. The molecule has 1 aromatic rings. The van der Waals surface area contributed by atoms with Crippen LogP contribution in [-0.4, -0.2) is 0 Å². The van der Waals surface area contributed by atoms with Crippen molar-refractivity contribution in [3.63, 3.8) is 0 Å². The first-order valence-electron chi connectivity index (χ1n) is 5.34. The molecule has 0 spiro atoms. The minimum absolute atomic E-state index is 0.0776. The number of thiol groups is 1. The number of benzene rings is 1. The molecule has 0 bridgehead atoms. The van der Waals surface area contributed by atoms with E-state index < -0.39 is 0 Å². The average Bonchev–Trinajstić information content (AvgIpc) is 2.44. The van der Waals surface area contributed by atoms with Crippen molar-refractivity contribution in [2.45, 2.75) is 37.9 Å². The van der Waals surface area contributed by atoms with E-state index in [0.29, 0.717) is 5.41 Å². The second-order valence-electron chi connectivity index (χ2n) is 4.96. The summed E-state index contributed by atoms with van der Waals surface area (Å²) in [4.78, 5) is 0. The van der Waals surface area contributed by atoms with Gasteiger partial charge in [-0.1, -0.05) is 50.6 Å². The van der Waals surface area contributed by atoms with Gasteiger partial charge in [-0.3, -0.25) is 0 Å². The Bertz CT molecular complexity index is 315. The molecule has 2 rings (SSSR count). The Kier molecular flexibility index (Phi) is 2.38. The maximum absolute atomic E-state index is 4.95. The SMILES string of the molecule is CC1(C)CCCC1(S)c1ccccc1.